The summed E-state index contributed by atoms with van der Waals surface area (Å²) >= 11 is 6.05. The molecule has 0 aliphatic rings. The number of carbonyl (C=O) groups is 2. The van der Waals surface area contributed by atoms with Crippen LogP contribution in [0.1, 0.15) is 30.0 Å². The number of carbonyl (C=O) groups excluding carboxylic acids is 2. The molecule has 3 rings (SSSR count). The lowest BCUT2D eigenvalue weighted by molar-refractivity contribution is -0.142. The van der Waals surface area contributed by atoms with Crippen molar-refractivity contribution in [2.75, 3.05) is 13.2 Å². The van der Waals surface area contributed by atoms with Gasteiger partial charge in [-0.1, -0.05) is 84.8 Å². The van der Waals surface area contributed by atoms with Gasteiger partial charge in [-0.2, -0.15) is 0 Å². The molecule has 5 nitrogen and oxygen atoms in total. The molecule has 0 aliphatic carbocycles. The topological polar surface area (TPSA) is 58.6 Å². The van der Waals surface area contributed by atoms with Crippen LogP contribution < -0.4 is 10.1 Å². The smallest absolute Gasteiger partial charge is 0.261 e. The lowest BCUT2D eigenvalue weighted by atomic mass is 10.0. The number of nitrogens with zero attached hydrogens (tertiary/aromatic N) is 1. The third-order valence-electron chi connectivity index (χ3n) is 5.41. The van der Waals surface area contributed by atoms with Crippen LogP contribution in [0.25, 0.3) is 0 Å². The fourth-order valence-corrected chi connectivity index (χ4v) is 3.89. The Bertz CT molecular complexity index is 1090. The van der Waals surface area contributed by atoms with E-state index in [4.69, 9.17) is 16.3 Å². The van der Waals surface area contributed by atoms with Crippen LogP contribution in [-0.4, -0.2) is 35.9 Å². The number of hydrogen-bond acceptors (Lipinski definition) is 3. The van der Waals surface area contributed by atoms with Gasteiger partial charge in [-0.05, 0) is 42.7 Å². The molecule has 0 radical (unpaired) electrons. The molecule has 0 saturated carbocycles. The summed E-state index contributed by atoms with van der Waals surface area (Å²) in [6, 6.07) is 24.0. The summed E-state index contributed by atoms with van der Waals surface area (Å²) in [4.78, 5) is 28.4. The van der Waals surface area contributed by atoms with Crippen LogP contribution in [0.4, 0.5) is 0 Å². The highest BCUT2D eigenvalue weighted by molar-refractivity contribution is 6.30. The SMILES string of the molecule is CCCNC(=O)C(Cc1ccccc1)N(Cc1cccc(C)c1)C(=O)COc1cccc(Cl)c1. The van der Waals surface area contributed by atoms with E-state index in [-0.39, 0.29) is 18.4 Å². The normalized spacial score (nSPS) is 11.5. The third-order valence-corrected chi connectivity index (χ3v) is 5.65. The molecule has 0 fully saturated rings. The minimum Gasteiger partial charge on any atom is -0.484 e. The van der Waals surface area contributed by atoms with E-state index in [0.717, 1.165) is 23.1 Å². The van der Waals surface area contributed by atoms with Crippen molar-refractivity contribution in [2.45, 2.75) is 39.3 Å². The van der Waals surface area contributed by atoms with Gasteiger partial charge in [-0.15, -0.1) is 0 Å². The van der Waals surface area contributed by atoms with Gasteiger partial charge in [0.05, 0.1) is 0 Å². The van der Waals surface area contributed by atoms with Crippen LogP contribution in [0.2, 0.25) is 5.02 Å². The Morgan fingerprint density at radius 3 is 2.41 bits per heavy atom. The Balaban J connectivity index is 1.89. The van der Waals surface area contributed by atoms with Gasteiger partial charge < -0.3 is 15.0 Å². The summed E-state index contributed by atoms with van der Waals surface area (Å²) in [5.41, 5.74) is 3.03. The van der Waals surface area contributed by atoms with Gasteiger partial charge in [0.1, 0.15) is 11.8 Å². The Labute approximate surface area is 206 Å². The zero-order valence-electron chi connectivity index (χ0n) is 19.7. The maximum absolute atomic E-state index is 13.5. The summed E-state index contributed by atoms with van der Waals surface area (Å²) < 4.78 is 5.74. The van der Waals surface area contributed by atoms with Crippen molar-refractivity contribution in [3.05, 3.63) is 101 Å². The quantitative estimate of drug-likeness (QED) is 0.412. The monoisotopic (exact) mass is 478 g/mol. The first-order chi connectivity index (χ1) is 16.5. The van der Waals surface area contributed by atoms with Crippen molar-refractivity contribution < 1.29 is 14.3 Å². The second kappa shape index (κ2) is 12.8. The Hall–Kier alpha value is -3.31. The molecule has 1 unspecified atom stereocenters. The molecule has 2 amide bonds. The fourth-order valence-electron chi connectivity index (χ4n) is 3.71. The number of rotatable bonds is 11. The fraction of sp³-hybridized carbons (Fsp3) is 0.286. The number of ether oxygens (including phenoxy) is 1. The molecule has 0 aliphatic heterocycles. The number of nitrogens with one attached hydrogen (secondary N) is 1. The van der Waals surface area contributed by atoms with Gasteiger partial charge in [0.15, 0.2) is 6.61 Å². The second-order valence-corrected chi connectivity index (χ2v) is 8.69. The van der Waals surface area contributed by atoms with Crippen LogP contribution in [0.3, 0.4) is 0 Å². The molecule has 1 atom stereocenters. The Morgan fingerprint density at radius 1 is 0.971 bits per heavy atom. The van der Waals surface area contributed by atoms with E-state index >= 15 is 0 Å². The minimum atomic E-state index is -0.676. The summed E-state index contributed by atoms with van der Waals surface area (Å²) in [6.45, 7) is 4.67. The van der Waals surface area contributed by atoms with Gasteiger partial charge in [0.2, 0.25) is 5.91 Å². The van der Waals surface area contributed by atoms with Crippen LogP contribution in [0, 0.1) is 6.92 Å². The lowest BCUT2D eigenvalue weighted by Crippen LogP contribution is -2.51. The predicted octanol–water partition coefficient (Wildman–Crippen LogP) is 5.19. The van der Waals surface area contributed by atoms with Crippen molar-refractivity contribution in [3.8, 4) is 5.75 Å². The first-order valence-electron chi connectivity index (χ1n) is 11.5. The maximum atomic E-state index is 13.5. The maximum Gasteiger partial charge on any atom is 0.261 e. The van der Waals surface area contributed by atoms with Crippen LogP contribution >= 0.6 is 11.6 Å². The van der Waals surface area contributed by atoms with Crippen LogP contribution in [0.15, 0.2) is 78.9 Å². The second-order valence-electron chi connectivity index (χ2n) is 8.25. The summed E-state index contributed by atoms with van der Waals surface area (Å²) in [5.74, 6) is 0.0647. The molecule has 0 spiro atoms. The van der Waals surface area contributed by atoms with E-state index in [1.54, 1.807) is 29.2 Å². The van der Waals surface area contributed by atoms with E-state index in [9.17, 15) is 9.59 Å². The van der Waals surface area contributed by atoms with E-state index in [2.05, 4.69) is 5.32 Å². The highest BCUT2D eigenvalue weighted by Gasteiger charge is 2.30. The molecule has 0 aromatic heterocycles. The van der Waals surface area contributed by atoms with Crippen molar-refractivity contribution in [2.24, 2.45) is 0 Å². The summed E-state index contributed by atoms with van der Waals surface area (Å²) in [6.07, 6.45) is 1.22. The average molecular weight is 479 g/mol. The van der Waals surface area contributed by atoms with E-state index < -0.39 is 6.04 Å². The van der Waals surface area contributed by atoms with Gasteiger partial charge in [-0.3, -0.25) is 9.59 Å². The molecule has 3 aromatic carbocycles. The lowest BCUT2D eigenvalue weighted by Gasteiger charge is -2.31. The third kappa shape index (κ3) is 7.63. The zero-order valence-corrected chi connectivity index (χ0v) is 20.4. The molecule has 0 saturated heterocycles. The molecule has 3 aromatic rings. The van der Waals surface area contributed by atoms with Crippen LogP contribution in [-0.2, 0) is 22.6 Å². The number of halogens is 1. The first-order valence-corrected chi connectivity index (χ1v) is 11.9. The highest BCUT2D eigenvalue weighted by Crippen LogP contribution is 2.19. The molecule has 1 N–H and O–H groups in total. The standard InChI is InChI=1S/C28H31ClN2O3/c1-3-15-30-28(33)26(17-22-10-5-4-6-11-22)31(19-23-12-7-9-21(2)16-23)27(32)20-34-25-14-8-13-24(29)18-25/h4-14,16,18,26H,3,15,17,19-20H2,1-2H3,(H,30,33). The number of hydrogen-bond donors (Lipinski definition) is 1. The summed E-state index contributed by atoms with van der Waals surface area (Å²) in [5, 5.41) is 3.51. The molecule has 0 heterocycles. The predicted molar refractivity (Wildman–Crippen MR) is 136 cm³/mol. The van der Waals surface area contributed by atoms with Crippen molar-refractivity contribution >= 4 is 23.4 Å². The van der Waals surface area contributed by atoms with E-state index in [1.165, 1.54) is 0 Å². The molecular formula is C28H31ClN2O3. The number of amides is 2. The van der Waals surface area contributed by atoms with Crippen molar-refractivity contribution in [3.63, 3.8) is 0 Å². The molecule has 34 heavy (non-hydrogen) atoms. The Morgan fingerprint density at radius 2 is 1.71 bits per heavy atom. The van der Waals surface area contributed by atoms with Crippen LogP contribution in [0.5, 0.6) is 5.75 Å². The zero-order chi connectivity index (χ0) is 24.3. The number of benzene rings is 3. The summed E-state index contributed by atoms with van der Waals surface area (Å²) in [7, 11) is 0. The number of aryl methyl sites for hydroxylation is 1. The molecular weight excluding hydrogens is 448 g/mol. The van der Waals surface area contributed by atoms with E-state index in [1.807, 2.05) is 68.4 Å². The molecule has 178 valence electrons. The average Bonchev–Trinajstić information content (AvgIpc) is 2.84. The molecule has 6 heteroatoms. The van der Waals surface area contributed by atoms with Crippen molar-refractivity contribution in [1.29, 1.82) is 0 Å². The Kier molecular flexibility index (Phi) is 9.53. The molecule has 0 bridgehead atoms. The van der Waals surface area contributed by atoms with Gasteiger partial charge in [0, 0.05) is 24.5 Å². The first kappa shape index (κ1) is 25.3. The van der Waals surface area contributed by atoms with E-state index in [0.29, 0.717) is 30.3 Å². The largest absolute Gasteiger partial charge is 0.484 e. The van der Waals surface area contributed by atoms with Gasteiger partial charge in [0.25, 0.3) is 5.91 Å². The van der Waals surface area contributed by atoms with Gasteiger partial charge in [-0.25, -0.2) is 0 Å². The van der Waals surface area contributed by atoms with Gasteiger partial charge >= 0.3 is 0 Å². The van der Waals surface area contributed by atoms with Crippen molar-refractivity contribution in [1.82, 2.24) is 10.2 Å². The minimum absolute atomic E-state index is 0.172. The highest BCUT2D eigenvalue weighted by atomic mass is 35.5.